The summed E-state index contributed by atoms with van der Waals surface area (Å²) >= 11 is 5.11. The summed E-state index contributed by atoms with van der Waals surface area (Å²) in [6.07, 6.45) is 0.579. The first-order valence-corrected chi connectivity index (χ1v) is 2.87. The van der Waals surface area contributed by atoms with E-state index in [2.05, 4.69) is 0 Å². The van der Waals surface area contributed by atoms with Gasteiger partial charge in [0.15, 0.2) is 0 Å². The Hall–Kier alpha value is -0.0800. The van der Waals surface area contributed by atoms with Crippen LogP contribution in [0, 0.1) is 0 Å². The molecule has 0 radical (unpaired) electrons. The van der Waals surface area contributed by atoms with Gasteiger partial charge >= 0.3 is 0 Å². The third-order valence-electron chi connectivity index (χ3n) is 1.18. The molecular weight excluding hydrogens is 126 g/mol. The predicted octanol–water partition coefficient (Wildman–Crippen LogP) is 0.879. The van der Waals surface area contributed by atoms with Gasteiger partial charge in [-0.1, -0.05) is 6.92 Å². The molecule has 0 aliphatic heterocycles. The highest BCUT2D eigenvalue weighted by Gasteiger charge is 2.22. The molecule has 8 heavy (non-hydrogen) atoms. The molecule has 1 atom stereocenters. The fourth-order valence-electron chi connectivity index (χ4n) is 0.139. The molecule has 0 aromatic heterocycles. The van der Waals surface area contributed by atoms with Gasteiger partial charge in [0.2, 0.25) is 5.24 Å². The summed E-state index contributed by atoms with van der Waals surface area (Å²) in [5.74, 6) is 0. The summed E-state index contributed by atoms with van der Waals surface area (Å²) in [5.41, 5.74) is 4.55. The first-order chi connectivity index (χ1) is 3.50. The molecule has 0 aliphatic rings. The van der Waals surface area contributed by atoms with Crippen LogP contribution in [0.25, 0.3) is 0 Å². The van der Waals surface area contributed by atoms with Crippen LogP contribution in [0.15, 0.2) is 0 Å². The van der Waals surface area contributed by atoms with Crippen LogP contribution in [-0.2, 0) is 4.79 Å². The lowest BCUT2D eigenvalue weighted by atomic mass is 10.0. The van der Waals surface area contributed by atoms with E-state index < -0.39 is 10.8 Å². The molecule has 0 saturated heterocycles. The fourth-order valence-corrected chi connectivity index (χ4v) is 0.273. The quantitative estimate of drug-likeness (QED) is 0.572. The Bertz CT molecular complexity index is 101. The van der Waals surface area contributed by atoms with Crippen molar-refractivity contribution in [2.45, 2.75) is 25.8 Å². The molecule has 48 valence electrons. The van der Waals surface area contributed by atoms with Crippen molar-refractivity contribution in [2.75, 3.05) is 0 Å². The first-order valence-electron chi connectivity index (χ1n) is 2.49. The van der Waals surface area contributed by atoms with Crippen molar-refractivity contribution in [3.8, 4) is 0 Å². The molecule has 0 rings (SSSR count). The lowest BCUT2D eigenvalue weighted by Crippen LogP contribution is -2.41. The smallest absolute Gasteiger partial charge is 0.241 e. The monoisotopic (exact) mass is 135 g/mol. The van der Waals surface area contributed by atoms with Gasteiger partial charge in [0.25, 0.3) is 0 Å². The Balaban J connectivity index is 3.91. The fraction of sp³-hybridized carbons (Fsp3) is 0.800. The Labute approximate surface area is 54.0 Å². The topological polar surface area (TPSA) is 43.1 Å². The number of hydrogen-bond acceptors (Lipinski definition) is 2. The minimum Gasteiger partial charge on any atom is -0.318 e. The van der Waals surface area contributed by atoms with E-state index in [0.717, 1.165) is 0 Å². The molecular formula is C5H10ClNO. The Morgan fingerprint density at radius 2 is 2.25 bits per heavy atom. The first kappa shape index (κ1) is 7.92. The number of carbonyl (C=O) groups excluding carboxylic acids is 1. The normalized spacial score (nSPS) is 17.5. The van der Waals surface area contributed by atoms with Crippen molar-refractivity contribution in [2.24, 2.45) is 5.73 Å². The maximum Gasteiger partial charge on any atom is 0.241 e. The van der Waals surface area contributed by atoms with Crippen LogP contribution in [-0.4, -0.2) is 10.8 Å². The molecule has 0 heterocycles. The molecule has 0 aromatic carbocycles. The molecule has 0 saturated carbocycles. The second kappa shape index (κ2) is 2.46. The van der Waals surface area contributed by atoms with E-state index in [1.54, 1.807) is 6.92 Å². The van der Waals surface area contributed by atoms with Crippen LogP contribution in [0.5, 0.6) is 0 Å². The number of nitrogens with two attached hydrogens (primary N) is 1. The van der Waals surface area contributed by atoms with Gasteiger partial charge in [-0.3, -0.25) is 4.79 Å². The van der Waals surface area contributed by atoms with Gasteiger partial charge in [0.05, 0.1) is 5.54 Å². The van der Waals surface area contributed by atoms with Crippen LogP contribution >= 0.6 is 11.6 Å². The second-order valence-corrected chi connectivity index (χ2v) is 2.39. The summed E-state index contributed by atoms with van der Waals surface area (Å²) < 4.78 is 0. The van der Waals surface area contributed by atoms with Crippen molar-refractivity contribution in [1.82, 2.24) is 0 Å². The maximum absolute atomic E-state index is 10.3. The standard InChI is InChI=1S/C5H10ClNO/c1-3-5(2,7)4(6)8/h3,7H2,1-2H3/t5-/m1/s1. The third-order valence-corrected chi connectivity index (χ3v) is 1.62. The van der Waals surface area contributed by atoms with Crippen LogP contribution in [0.1, 0.15) is 20.3 Å². The van der Waals surface area contributed by atoms with E-state index in [9.17, 15) is 4.79 Å². The van der Waals surface area contributed by atoms with Crippen molar-refractivity contribution in [1.29, 1.82) is 0 Å². The molecule has 0 unspecified atom stereocenters. The molecule has 0 bridgehead atoms. The number of rotatable bonds is 2. The van der Waals surface area contributed by atoms with Crippen molar-refractivity contribution >= 4 is 16.8 Å². The van der Waals surface area contributed by atoms with E-state index >= 15 is 0 Å². The molecule has 3 heteroatoms. The van der Waals surface area contributed by atoms with Crippen LogP contribution in [0.4, 0.5) is 0 Å². The Kier molecular flexibility index (Phi) is 2.44. The Morgan fingerprint density at radius 3 is 2.25 bits per heavy atom. The van der Waals surface area contributed by atoms with Crippen molar-refractivity contribution < 1.29 is 4.79 Å². The highest BCUT2D eigenvalue weighted by atomic mass is 35.5. The van der Waals surface area contributed by atoms with Gasteiger partial charge in [-0.25, -0.2) is 0 Å². The summed E-state index contributed by atoms with van der Waals surface area (Å²) in [6, 6.07) is 0. The zero-order chi connectivity index (χ0) is 6.78. The van der Waals surface area contributed by atoms with E-state index in [1.807, 2.05) is 6.92 Å². The molecule has 0 spiro atoms. The average molecular weight is 136 g/mol. The van der Waals surface area contributed by atoms with Gasteiger partial charge in [-0.15, -0.1) is 0 Å². The van der Waals surface area contributed by atoms with Crippen molar-refractivity contribution in [3.05, 3.63) is 0 Å². The number of carbonyl (C=O) groups is 1. The van der Waals surface area contributed by atoms with Crippen LogP contribution in [0.2, 0.25) is 0 Å². The molecule has 0 aromatic rings. The van der Waals surface area contributed by atoms with E-state index in [-0.39, 0.29) is 0 Å². The van der Waals surface area contributed by atoms with Gasteiger partial charge in [-0.05, 0) is 24.9 Å². The minimum atomic E-state index is -0.832. The zero-order valence-corrected chi connectivity index (χ0v) is 5.83. The molecule has 0 fully saturated rings. The number of hydrogen-bond donors (Lipinski definition) is 1. The summed E-state index contributed by atoms with van der Waals surface area (Å²) in [5, 5.41) is -0.472. The highest BCUT2D eigenvalue weighted by molar-refractivity contribution is 6.65. The maximum atomic E-state index is 10.3. The van der Waals surface area contributed by atoms with E-state index in [4.69, 9.17) is 17.3 Å². The number of halogens is 1. The van der Waals surface area contributed by atoms with E-state index in [0.29, 0.717) is 6.42 Å². The minimum absolute atomic E-state index is 0.472. The zero-order valence-electron chi connectivity index (χ0n) is 5.07. The van der Waals surface area contributed by atoms with Gasteiger partial charge in [0.1, 0.15) is 0 Å². The Morgan fingerprint density at radius 1 is 1.88 bits per heavy atom. The van der Waals surface area contributed by atoms with E-state index in [1.165, 1.54) is 0 Å². The summed E-state index contributed by atoms with van der Waals surface area (Å²) in [7, 11) is 0. The highest BCUT2D eigenvalue weighted by Crippen LogP contribution is 2.07. The molecule has 2 N–H and O–H groups in total. The predicted molar refractivity (Wildman–Crippen MR) is 33.7 cm³/mol. The lowest BCUT2D eigenvalue weighted by molar-refractivity contribution is -0.115. The molecule has 2 nitrogen and oxygen atoms in total. The summed E-state index contributed by atoms with van der Waals surface area (Å²) in [6.45, 7) is 3.43. The molecule has 0 aliphatic carbocycles. The third kappa shape index (κ3) is 1.80. The lowest BCUT2D eigenvalue weighted by Gasteiger charge is -2.15. The second-order valence-electron chi connectivity index (χ2n) is 2.04. The molecule has 0 amide bonds. The van der Waals surface area contributed by atoms with Gasteiger partial charge in [0, 0.05) is 0 Å². The summed E-state index contributed by atoms with van der Waals surface area (Å²) in [4.78, 5) is 10.3. The average Bonchev–Trinajstić information content (AvgIpc) is 1.67. The largest absolute Gasteiger partial charge is 0.318 e. The van der Waals surface area contributed by atoms with Crippen LogP contribution < -0.4 is 5.73 Å². The van der Waals surface area contributed by atoms with Gasteiger partial charge < -0.3 is 5.73 Å². The van der Waals surface area contributed by atoms with Gasteiger partial charge in [-0.2, -0.15) is 0 Å². The SMILES string of the molecule is CC[C@@](C)(N)C(=O)Cl. The van der Waals surface area contributed by atoms with Crippen molar-refractivity contribution in [3.63, 3.8) is 0 Å². The van der Waals surface area contributed by atoms with Crippen LogP contribution in [0.3, 0.4) is 0 Å².